The van der Waals surface area contributed by atoms with Gasteiger partial charge in [0.1, 0.15) is 88.5 Å². The lowest BCUT2D eigenvalue weighted by atomic mass is 10.2. The topological polar surface area (TPSA) is 720 Å². The molecule has 7 unspecified atom stereocenters. The number of methoxy groups -OCH3 is 1. The minimum Gasteiger partial charge on any atom is -0.466 e. The number of ether oxygens (including phenoxy) is 13. The fourth-order valence-corrected chi connectivity index (χ4v) is 8.92. The van der Waals surface area contributed by atoms with Crippen molar-refractivity contribution in [2.75, 3.05) is 66.8 Å². The first-order chi connectivity index (χ1) is 58.9. The molecule has 8 heterocycles. The Morgan fingerprint density at radius 3 is 0.832 bits per heavy atom. The van der Waals surface area contributed by atoms with Gasteiger partial charge in [-0.25, -0.2) is 67.1 Å². The van der Waals surface area contributed by atoms with Crippen molar-refractivity contribution in [1.29, 1.82) is 0 Å². The molecule has 0 aromatic carbocycles. The number of ketones is 6. The Bertz CT molecular complexity index is 4530. The number of hydrogen-bond acceptors (Lipinski definition) is 43. The van der Waals surface area contributed by atoms with Crippen molar-refractivity contribution in [1.82, 2.24) is 42.5 Å². The third kappa shape index (κ3) is 42.7. The molecule has 7 aliphatic heterocycles. The highest BCUT2D eigenvalue weighted by Crippen LogP contribution is 2.11. The van der Waals surface area contributed by atoms with Crippen LogP contribution in [0.2, 0.25) is 0 Å². The molecule has 0 radical (unpaired) electrons. The van der Waals surface area contributed by atoms with Crippen LogP contribution in [-0.2, 0) is 193 Å². The maximum absolute atomic E-state index is 11.4. The van der Waals surface area contributed by atoms with E-state index in [4.69, 9.17) is 33.2 Å². The molecule has 1 aromatic heterocycles. The Labute approximate surface area is 702 Å². The van der Waals surface area contributed by atoms with Gasteiger partial charge in [0.2, 0.25) is 42.2 Å². The van der Waals surface area contributed by atoms with E-state index in [9.17, 15) is 134 Å². The van der Waals surface area contributed by atoms with Crippen LogP contribution in [0.5, 0.6) is 0 Å². The maximum atomic E-state index is 11.4. The molecule has 0 spiro atoms. The predicted molar refractivity (Wildman–Crippen MR) is 395 cm³/mol. The quantitative estimate of drug-likeness (QED) is 0.00809. The third-order valence-corrected chi connectivity index (χ3v) is 15.0. The van der Waals surface area contributed by atoms with Crippen LogP contribution in [0.3, 0.4) is 0 Å². The molecule has 0 saturated carbocycles. The number of Topliss-reactive ketones (excluding diaryl/α,β-unsaturated/α-hetero) is 6. The van der Waals surface area contributed by atoms with Crippen molar-refractivity contribution in [3.8, 4) is 0 Å². The van der Waals surface area contributed by atoms with Gasteiger partial charge in [-0.15, -0.1) is 0 Å². The molecule has 51 nitrogen and oxygen atoms in total. The molecule has 7 saturated heterocycles. The number of carbonyl (C=O) groups excluding carboxylic acids is 27. The molecular weight excluding hydrogens is 1690 g/mol. The van der Waals surface area contributed by atoms with Gasteiger partial charge in [0.05, 0.1) is 64.3 Å². The number of aryl methyl sites for hydroxylation is 1. The monoisotopic (exact) mass is 1770 g/mol. The number of hydrogen-bond donors (Lipinski definition) is 8. The van der Waals surface area contributed by atoms with E-state index in [0.29, 0.717) is 0 Å². The predicted octanol–water partition coefficient (Wildman–Crippen LogP) is -7.00. The van der Waals surface area contributed by atoms with E-state index in [0.717, 1.165) is 72.9 Å². The smallest absolute Gasteiger partial charge is 0.466 e. The molecule has 0 bridgehead atoms. The summed E-state index contributed by atoms with van der Waals surface area (Å²) in [4.78, 5) is 311. The molecule has 9 amide bonds. The Hall–Kier alpha value is -15.7. The van der Waals surface area contributed by atoms with E-state index in [1.54, 1.807) is 34.6 Å². The molecule has 8 rings (SSSR count). The number of rotatable bonds is 33. The van der Waals surface area contributed by atoms with Crippen LogP contribution in [0, 0.1) is 12.8 Å². The molecule has 7 aliphatic rings. The number of carbonyl (C=O) groups is 27. The second-order valence-electron chi connectivity index (χ2n) is 25.5. The zero-order chi connectivity index (χ0) is 93.6. The summed E-state index contributed by atoms with van der Waals surface area (Å²) in [5.41, 5.74) is 0. The summed E-state index contributed by atoms with van der Waals surface area (Å²) in [6.07, 6.45) is 8.63. The maximum Gasteiger partial charge on any atom is 0.519 e. The fraction of sp³-hybridized carbons (Fsp3) is 0.432. The second-order valence-corrected chi connectivity index (χ2v) is 25.5. The van der Waals surface area contributed by atoms with Crippen molar-refractivity contribution in [3.05, 3.63) is 95.0 Å². The van der Waals surface area contributed by atoms with Gasteiger partial charge in [-0.1, -0.05) is 13.8 Å². The van der Waals surface area contributed by atoms with Gasteiger partial charge in [-0.05, 0) is 27.7 Å². The number of nitrogens with one attached hydrogen (secondary N) is 8. The average Bonchev–Trinajstić information content (AvgIpc) is 1.79. The van der Waals surface area contributed by atoms with Crippen LogP contribution in [0.4, 0.5) is 4.79 Å². The summed E-state index contributed by atoms with van der Waals surface area (Å²) >= 11 is 0. The lowest BCUT2D eigenvalue weighted by molar-refractivity contribution is -0.167. The Morgan fingerprint density at radius 2 is 0.600 bits per heavy atom. The summed E-state index contributed by atoms with van der Waals surface area (Å²) in [7, 11) is 1.17. The molecule has 125 heavy (non-hydrogen) atoms. The molecule has 676 valence electrons. The summed E-state index contributed by atoms with van der Waals surface area (Å²) < 4.78 is 69.6. The van der Waals surface area contributed by atoms with Crippen molar-refractivity contribution < 1.29 is 200 Å². The molecule has 0 aliphatic carbocycles. The lowest BCUT2D eigenvalue weighted by Gasteiger charge is -2.08. The average molecular weight is 1770 g/mol. The molecule has 51 heteroatoms. The van der Waals surface area contributed by atoms with Crippen LogP contribution in [0.15, 0.2) is 86.5 Å². The fourth-order valence-electron chi connectivity index (χ4n) is 8.92. The Balaban J connectivity index is 0.000000389. The minimum absolute atomic E-state index is 0.0554. The largest absolute Gasteiger partial charge is 0.519 e. The lowest BCUT2D eigenvalue weighted by Crippen LogP contribution is -2.34. The van der Waals surface area contributed by atoms with Crippen LogP contribution in [0.25, 0.3) is 0 Å². The van der Waals surface area contributed by atoms with Crippen molar-refractivity contribution in [3.63, 3.8) is 0 Å². The SMILES string of the molecule is CC(C)C(=O)OCOC(=O)/C=C/C(=O)OCC1NC(=O)CC1=O.CC(C)OC(=O)/C=C/C(=O)OCC1NC(=O)CC1=O.CCOC(=O)/C=C/C(=O)OCC1NC(=O)CC1=O.COC(=O)/C=C/C(=O)OCC1NC(=O)CC1=O.Cc1oc(=O)oc1COC(=O)/C=C/C(=O)OCC1NC(=O)CC1=O.O=C1CC(=O)C(COC(=O)/C=C/C(=O)OCC2NC(=O)NC2=O)N1. The number of amides is 9. The standard InChI is InChI=1S/C14H13NO9.C14H17NO8.C13H13N3O8.C12H15NO6.C11H13NO6.C10H11NO6/c1-7-10(24-14(20)23-7)6-22-13(19)3-2-12(18)21-5-8-9(16)4-11(17)15-8;1-8(2)14(20)23-7-22-13(19)4-3-12(18)21-6-9-10(16)5-11(17)15-9;17-8-3-9(18)14-6(8)4-23-10(19)1-2-11(20)24-5-7-12(21)16-13(22)15-7;1-7(2)19-12(17)4-3-11(16)18-6-8-9(14)5-10(15)13-8;1-2-17-10(15)3-4-11(16)18-6-7-8(13)5-9(14)12-7;1-16-9(14)2-3-10(15)17-5-6-7(12)4-8(13)11-6/h2-3,8H,4-6H2,1H3,(H,15,17);3-4,8-9H,5-7H2,1-2H3,(H,15,17);1-2,6-7H,3-5H2,(H,14,18)(H2,15,16,21,22);3-4,7-8H,5-6H2,1-2H3,(H,13,15);3-4,7H,2,5-6H2,1H3,(H,12,14);2-3,6H,4-5H2,1H3,(H,11,13)/b3-2+;4-3+;2-1+;2*4-3+;3-2+. The van der Waals surface area contributed by atoms with Gasteiger partial charge in [0, 0.05) is 72.9 Å². The van der Waals surface area contributed by atoms with Gasteiger partial charge < -0.3 is 108 Å². The van der Waals surface area contributed by atoms with Gasteiger partial charge in [-0.3, -0.25) is 72.4 Å². The second kappa shape index (κ2) is 53.8. The normalized spacial score (nSPS) is 19.1. The van der Waals surface area contributed by atoms with Gasteiger partial charge in [0.15, 0.2) is 52.8 Å². The summed E-state index contributed by atoms with van der Waals surface area (Å²) in [5, 5.41) is 18.3. The van der Waals surface area contributed by atoms with E-state index in [2.05, 4.69) is 74.5 Å². The van der Waals surface area contributed by atoms with E-state index in [1.807, 2.05) is 5.32 Å². The first-order valence-corrected chi connectivity index (χ1v) is 36.3. The minimum atomic E-state index is -0.987. The molecular formula is C74H82N8O43. The van der Waals surface area contributed by atoms with Gasteiger partial charge in [0.25, 0.3) is 5.91 Å². The zero-order valence-electron chi connectivity index (χ0n) is 67.0. The Morgan fingerprint density at radius 1 is 0.336 bits per heavy atom. The molecule has 7 atom stereocenters. The highest BCUT2D eigenvalue weighted by molar-refractivity contribution is 6.11. The van der Waals surface area contributed by atoms with E-state index in [-0.39, 0.29) is 167 Å². The highest BCUT2D eigenvalue weighted by atomic mass is 16.7. The molecule has 8 N–H and O–H groups in total. The van der Waals surface area contributed by atoms with Crippen LogP contribution in [0.1, 0.15) is 84.7 Å². The highest BCUT2D eigenvalue weighted by Gasteiger charge is 2.37. The van der Waals surface area contributed by atoms with Gasteiger partial charge in [-0.2, -0.15) is 0 Å². The molecule has 1 aromatic rings. The zero-order valence-corrected chi connectivity index (χ0v) is 67.0. The van der Waals surface area contributed by atoms with Crippen LogP contribution >= 0.6 is 0 Å². The van der Waals surface area contributed by atoms with Gasteiger partial charge >= 0.3 is 89.5 Å². The van der Waals surface area contributed by atoms with Crippen molar-refractivity contribution in [2.45, 2.75) is 135 Å². The Kier molecular flexibility index (Phi) is 44.5. The summed E-state index contributed by atoms with van der Waals surface area (Å²) in [6, 6.07) is -6.67. The number of urea groups is 1. The van der Waals surface area contributed by atoms with E-state index in [1.165, 1.54) is 14.0 Å². The van der Waals surface area contributed by atoms with E-state index < -0.39 is 169 Å². The summed E-state index contributed by atoms with van der Waals surface area (Å²) in [5.74, 6) is -16.4. The third-order valence-electron chi connectivity index (χ3n) is 15.0. The van der Waals surface area contributed by atoms with Crippen molar-refractivity contribution in [2.24, 2.45) is 5.92 Å². The van der Waals surface area contributed by atoms with Crippen LogP contribution < -0.4 is 48.4 Å². The number of esters is 13. The first kappa shape index (κ1) is 104. The molecule has 7 fully saturated rings. The van der Waals surface area contributed by atoms with Crippen LogP contribution in [-0.4, -0.2) is 275 Å². The van der Waals surface area contributed by atoms with Crippen molar-refractivity contribution >= 4 is 160 Å². The first-order valence-electron chi connectivity index (χ1n) is 36.3. The van der Waals surface area contributed by atoms with E-state index >= 15 is 0 Å². The summed E-state index contributed by atoms with van der Waals surface area (Å²) in [6.45, 7) is 6.94. The number of imide groups is 1.